The molecule has 0 aromatic carbocycles. The fourth-order valence-corrected chi connectivity index (χ4v) is 1.75. The third-order valence-corrected chi connectivity index (χ3v) is 2.72. The third kappa shape index (κ3) is 6.37. The number of carbonyl (C=O) groups is 1. The van der Waals surface area contributed by atoms with Crippen LogP contribution in [0.3, 0.4) is 0 Å². The van der Waals surface area contributed by atoms with Crippen LogP contribution in [0.2, 0.25) is 0 Å². The summed E-state index contributed by atoms with van der Waals surface area (Å²) in [5, 5.41) is 13.3. The van der Waals surface area contributed by atoms with Crippen LogP contribution in [-0.2, 0) is 0 Å². The fraction of sp³-hybridized carbons (Fsp3) is 0.571. The molecule has 2 amide bonds. The molecule has 0 bridgehead atoms. The molecule has 22 heavy (non-hydrogen) atoms. The number of nitrogens with two attached hydrogens (primary N) is 1. The molecule has 1 aromatic rings. The van der Waals surface area contributed by atoms with Crippen LogP contribution in [0.25, 0.3) is 0 Å². The molecular formula is C14H23N7O. The van der Waals surface area contributed by atoms with Gasteiger partial charge in [0, 0.05) is 25.4 Å². The molecule has 0 aliphatic carbocycles. The maximum Gasteiger partial charge on any atom is 0.333 e. The van der Waals surface area contributed by atoms with Crippen LogP contribution in [0.4, 0.5) is 10.6 Å². The first-order valence-corrected chi connectivity index (χ1v) is 7.32. The Labute approximate surface area is 130 Å². The molecule has 0 unspecified atom stereocenters. The van der Waals surface area contributed by atoms with Crippen molar-refractivity contribution in [3.05, 3.63) is 18.1 Å². The van der Waals surface area contributed by atoms with Crippen LogP contribution in [0.1, 0.15) is 32.5 Å². The van der Waals surface area contributed by atoms with E-state index in [1.54, 1.807) is 11.1 Å². The number of nitrogens with zero attached hydrogens (tertiary/aromatic N) is 4. The average Bonchev–Trinajstić information content (AvgIpc) is 2.50. The van der Waals surface area contributed by atoms with Crippen LogP contribution in [0, 0.1) is 17.2 Å². The highest BCUT2D eigenvalue weighted by Crippen LogP contribution is 2.09. The van der Waals surface area contributed by atoms with Crippen molar-refractivity contribution < 1.29 is 4.79 Å². The maximum atomic E-state index is 11.9. The molecule has 0 saturated carbocycles. The van der Waals surface area contributed by atoms with Gasteiger partial charge in [0.05, 0.1) is 0 Å². The lowest BCUT2D eigenvalue weighted by Gasteiger charge is -2.26. The lowest BCUT2D eigenvalue weighted by Crippen LogP contribution is -2.49. The highest BCUT2D eigenvalue weighted by atomic mass is 16.2. The van der Waals surface area contributed by atoms with E-state index in [1.807, 2.05) is 19.9 Å². The minimum absolute atomic E-state index is 0.0661. The molecule has 0 saturated heterocycles. The van der Waals surface area contributed by atoms with Crippen molar-refractivity contribution in [3.8, 4) is 6.07 Å². The van der Waals surface area contributed by atoms with E-state index in [0.717, 1.165) is 12.8 Å². The normalized spacial score (nSPS) is 10.1. The number of hydrogen-bond acceptors (Lipinski definition) is 6. The Balaban J connectivity index is 2.68. The topological polar surface area (TPSA) is 120 Å². The highest BCUT2D eigenvalue weighted by Gasteiger charge is 2.13. The van der Waals surface area contributed by atoms with E-state index in [0.29, 0.717) is 31.4 Å². The molecule has 4 N–H and O–H groups in total. The smallest absolute Gasteiger partial charge is 0.333 e. The van der Waals surface area contributed by atoms with Crippen molar-refractivity contribution >= 4 is 11.8 Å². The Hall–Kier alpha value is -2.40. The van der Waals surface area contributed by atoms with Gasteiger partial charge >= 0.3 is 6.03 Å². The summed E-state index contributed by atoms with van der Waals surface area (Å²) in [7, 11) is 0. The maximum absolute atomic E-state index is 11.9. The molecule has 0 radical (unpaired) electrons. The van der Waals surface area contributed by atoms with E-state index >= 15 is 0 Å². The summed E-state index contributed by atoms with van der Waals surface area (Å²) in [6.07, 6.45) is 3.20. The van der Waals surface area contributed by atoms with Crippen molar-refractivity contribution in [3.63, 3.8) is 0 Å². The standard InChI is InChI=1S/C14H23N7O/c1-11(2)10-21(13-5-8-17-12(9-16)19-13)20-14(22)18-7-4-3-6-15/h5,8,11H,3-4,6-7,10,15H2,1-2H3,(H2,18,20,22). The average molecular weight is 305 g/mol. The molecule has 0 spiro atoms. The van der Waals surface area contributed by atoms with Gasteiger partial charge in [0.1, 0.15) is 6.07 Å². The minimum Gasteiger partial charge on any atom is -0.337 e. The Morgan fingerprint density at radius 3 is 2.91 bits per heavy atom. The van der Waals surface area contributed by atoms with E-state index in [9.17, 15) is 4.79 Å². The molecule has 0 aliphatic heterocycles. The van der Waals surface area contributed by atoms with Crippen LogP contribution in [-0.4, -0.2) is 35.6 Å². The van der Waals surface area contributed by atoms with E-state index in [4.69, 9.17) is 11.0 Å². The SMILES string of the molecule is CC(C)CN(NC(=O)NCCCCN)c1ccnc(C#N)n1. The molecule has 1 heterocycles. The van der Waals surface area contributed by atoms with Gasteiger partial charge in [-0.2, -0.15) is 10.2 Å². The van der Waals surface area contributed by atoms with Crippen LogP contribution >= 0.6 is 0 Å². The molecule has 1 rings (SSSR count). The summed E-state index contributed by atoms with van der Waals surface area (Å²) >= 11 is 0. The van der Waals surface area contributed by atoms with Gasteiger partial charge in [0.15, 0.2) is 5.82 Å². The van der Waals surface area contributed by atoms with Gasteiger partial charge in [-0.15, -0.1) is 0 Å². The quantitative estimate of drug-likeness (QED) is 0.482. The zero-order valence-electron chi connectivity index (χ0n) is 13.0. The summed E-state index contributed by atoms with van der Waals surface area (Å²) in [6, 6.07) is 3.23. The monoisotopic (exact) mass is 305 g/mol. The molecule has 1 aromatic heterocycles. The molecule has 8 nitrogen and oxygen atoms in total. The number of carbonyl (C=O) groups excluding carboxylic acids is 1. The first kappa shape index (κ1) is 17.7. The number of nitriles is 1. The van der Waals surface area contributed by atoms with Crippen LogP contribution in [0.15, 0.2) is 12.3 Å². The van der Waals surface area contributed by atoms with Crippen molar-refractivity contribution in [2.45, 2.75) is 26.7 Å². The summed E-state index contributed by atoms with van der Waals surface area (Å²) in [6.45, 7) is 5.80. The fourth-order valence-electron chi connectivity index (χ4n) is 1.75. The third-order valence-electron chi connectivity index (χ3n) is 2.72. The largest absolute Gasteiger partial charge is 0.337 e. The van der Waals surface area contributed by atoms with Crippen molar-refractivity contribution in [1.29, 1.82) is 5.26 Å². The summed E-state index contributed by atoms with van der Waals surface area (Å²) in [5.74, 6) is 0.854. The number of amides is 2. The van der Waals surface area contributed by atoms with Gasteiger partial charge < -0.3 is 11.1 Å². The highest BCUT2D eigenvalue weighted by molar-refractivity contribution is 5.75. The molecule has 8 heteroatoms. The van der Waals surface area contributed by atoms with Crippen molar-refractivity contribution in [2.75, 3.05) is 24.6 Å². The summed E-state index contributed by atoms with van der Waals surface area (Å²) in [5.41, 5.74) is 8.15. The Bertz CT molecular complexity index is 512. The van der Waals surface area contributed by atoms with E-state index in [-0.39, 0.29) is 11.9 Å². The van der Waals surface area contributed by atoms with Crippen LogP contribution < -0.4 is 21.5 Å². The predicted octanol–water partition coefficient (Wildman–Crippen LogP) is 0.764. The number of hydrazine groups is 1. The number of unbranched alkanes of at least 4 members (excludes halogenated alkanes) is 1. The Morgan fingerprint density at radius 2 is 2.27 bits per heavy atom. The predicted molar refractivity (Wildman–Crippen MR) is 83.8 cm³/mol. The number of rotatable bonds is 8. The first-order valence-electron chi connectivity index (χ1n) is 7.32. The molecule has 120 valence electrons. The van der Waals surface area contributed by atoms with Gasteiger partial charge in [-0.05, 0) is 25.3 Å². The van der Waals surface area contributed by atoms with Crippen LogP contribution in [0.5, 0.6) is 0 Å². The van der Waals surface area contributed by atoms with E-state index in [1.165, 1.54) is 6.20 Å². The number of urea groups is 1. The molecule has 0 aliphatic rings. The zero-order valence-corrected chi connectivity index (χ0v) is 13.0. The first-order chi connectivity index (χ1) is 10.6. The van der Waals surface area contributed by atoms with Crippen molar-refractivity contribution in [1.82, 2.24) is 20.7 Å². The number of aromatic nitrogens is 2. The van der Waals surface area contributed by atoms with Gasteiger partial charge in [0.2, 0.25) is 5.82 Å². The van der Waals surface area contributed by atoms with Crippen molar-refractivity contribution in [2.24, 2.45) is 11.7 Å². The summed E-state index contributed by atoms with van der Waals surface area (Å²) < 4.78 is 0. The number of hydrogen-bond donors (Lipinski definition) is 3. The second kappa shape index (κ2) is 9.52. The Kier molecular flexibility index (Phi) is 7.64. The van der Waals surface area contributed by atoms with Gasteiger partial charge in [-0.25, -0.2) is 15.2 Å². The van der Waals surface area contributed by atoms with Gasteiger partial charge in [0.25, 0.3) is 0 Å². The molecule has 0 atom stereocenters. The van der Waals surface area contributed by atoms with E-state index in [2.05, 4.69) is 20.7 Å². The lowest BCUT2D eigenvalue weighted by molar-refractivity contribution is 0.239. The Morgan fingerprint density at radius 1 is 1.50 bits per heavy atom. The number of nitrogens with one attached hydrogen (secondary N) is 2. The second-order valence-electron chi connectivity index (χ2n) is 5.22. The lowest BCUT2D eigenvalue weighted by atomic mass is 10.2. The molecule has 0 fully saturated rings. The molecular weight excluding hydrogens is 282 g/mol. The van der Waals surface area contributed by atoms with Gasteiger partial charge in [-0.1, -0.05) is 13.8 Å². The second-order valence-corrected chi connectivity index (χ2v) is 5.22. The zero-order chi connectivity index (χ0) is 16.4. The summed E-state index contributed by atoms with van der Waals surface area (Å²) in [4.78, 5) is 19.9. The van der Waals surface area contributed by atoms with Gasteiger partial charge in [-0.3, -0.25) is 5.01 Å². The van der Waals surface area contributed by atoms with E-state index < -0.39 is 0 Å². The minimum atomic E-state index is -0.310. The number of anilines is 1.